The Hall–Kier alpha value is -1.43. The maximum Gasteiger partial charge on any atom is 0.276 e. The van der Waals surface area contributed by atoms with E-state index in [1.165, 1.54) is 12.8 Å². The van der Waals surface area contributed by atoms with E-state index >= 15 is 0 Å². The number of piperidine rings is 1. The largest absolute Gasteiger partial charge is 0.334 e. The van der Waals surface area contributed by atoms with Crippen LogP contribution >= 0.6 is 0 Å². The highest BCUT2D eigenvalue weighted by molar-refractivity contribution is 5.93. The minimum Gasteiger partial charge on any atom is -0.334 e. The van der Waals surface area contributed by atoms with Crippen LogP contribution in [0, 0.1) is 12.8 Å². The standard InChI is InChI=1S/C17H29N5O/c1-12-5-4-6-13(2)21(11-12)17(23)16-14(3)22(20-19-16)15-7-9-18-10-8-15/h12-13,15,18H,4-11H2,1-3H3. The lowest BCUT2D eigenvalue weighted by Gasteiger charge is -2.28. The van der Waals surface area contributed by atoms with Gasteiger partial charge in [0, 0.05) is 12.6 Å². The van der Waals surface area contributed by atoms with Crippen LogP contribution in [-0.4, -0.2) is 51.5 Å². The lowest BCUT2D eigenvalue weighted by molar-refractivity contribution is 0.0670. The molecule has 1 amide bonds. The van der Waals surface area contributed by atoms with E-state index < -0.39 is 0 Å². The first kappa shape index (κ1) is 16.4. The first-order valence-electron chi connectivity index (χ1n) is 9.01. The minimum atomic E-state index is 0.0592. The van der Waals surface area contributed by atoms with Gasteiger partial charge >= 0.3 is 0 Å². The van der Waals surface area contributed by atoms with Gasteiger partial charge in [-0.2, -0.15) is 0 Å². The molecule has 6 nitrogen and oxygen atoms in total. The van der Waals surface area contributed by atoms with Crippen LogP contribution < -0.4 is 5.32 Å². The molecule has 1 aromatic rings. The van der Waals surface area contributed by atoms with Crippen LogP contribution in [0.5, 0.6) is 0 Å². The fourth-order valence-electron chi connectivity index (χ4n) is 3.88. The molecule has 3 rings (SSSR count). The first-order valence-corrected chi connectivity index (χ1v) is 9.01. The third kappa shape index (κ3) is 3.42. The van der Waals surface area contributed by atoms with Crippen LogP contribution in [0.15, 0.2) is 0 Å². The molecule has 6 heteroatoms. The number of nitrogens with one attached hydrogen (secondary N) is 1. The van der Waals surface area contributed by atoms with Crippen molar-refractivity contribution in [2.24, 2.45) is 5.92 Å². The summed E-state index contributed by atoms with van der Waals surface area (Å²) in [6.07, 6.45) is 5.59. The third-order valence-electron chi connectivity index (χ3n) is 5.40. The van der Waals surface area contributed by atoms with Crippen molar-refractivity contribution in [3.05, 3.63) is 11.4 Å². The van der Waals surface area contributed by atoms with E-state index in [4.69, 9.17) is 0 Å². The fourth-order valence-corrected chi connectivity index (χ4v) is 3.88. The van der Waals surface area contributed by atoms with Crippen molar-refractivity contribution >= 4 is 5.91 Å². The van der Waals surface area contributed by atoms with E-state index in [1.54, 1.807) is 0 Å². The number of hydrogen-bond donors (Lipinski definition) is 1. The summed E-state index contributed by atoms with van der Waals surface area (Å²) >= 11 is 0. The van der Waals surface area contributed by atoms with Crippen molar-refractivity contribution in [2.45, 2.75) is 65.0 Å². The molecule has 2 fully saturated rings. The molecule has 23 heavy (non-hydrogen) atoms. The smallest absolute Gasteiger partial charge is 0.276 e. The Kier molecular flexibility index (Phi) is 4.99. The number of carbonyl (C=O) groups is 1. The fraction of sp³-hybridized carbons (Fsp3) is 0.824. The molecule has 0 radical (unpaired) electrons. The molecule has 0 bridgehead atoms. The molecule has 0 saturated carbocycles. The van der Waals surface area contributed by atoms with E-state index in [2.05, 4.69) is 29.5 Å². The van der Waals surface area contributed by atoms with Crippen LogP contribution in [0.25, 0.3) is 0 Å². The average Bonchev–Trinajstić information content (AvgIpc) is 2.85. The summed E-state index contributed by atoms with van der Waals surface area (Å²) in [4.78, 5) is 15.0. The van der Waals surface area contributed by atoms with Gasteiger partial charge in [-0.15, -0.1) is 5.10 Å². The zero-order chi connectivity index (χ0) is 16.4. The molecule has 2 unspecified atom stereocenters. The van der Waals surface area contributed by atoms with E-state index in [1.807, 2.05) is 16.5 Å². The number of nitrogens with zero attached hydrogens (tertiary/aromatic N) is 4. The number of aromatic nitrogens is 3. The van der Waals surface area contributed by atoms with Crippen molar-refractivity contribution in [3.63, 3.8) is 0 Å². The number of likely N-dealkylation sites (tertiary alicyclic amines) is 1. The molecule has 0 spiro atoms. The molecule has 2 atom stereocenters. The molecular weight excluding hydrogens is 290 g/mol. The zero-order valence-corrected chi connectivity index (χ0v) is 14.6. The molecular formula is C17H29N5O. The Morgan fingerprint density at radius 1 is 1.17 bits per heavy atom. The summed E-state index contributed by atoms with van der Waals surface area (Å²) in [6, 6.07) is 0.654. The van der Waals surface area contributed by atoms with Crippen LogP contribution in [0.4, 0.5) is 0 Å². The molecule has 128 valence electrons. The summed E-state index contributed by atoms with van der Waals surface area (Å²) in [6.45, 7) is 9.22. The van der Waals surface area contributed by atoms with Crippen molar-refractivity contribution in [2.75, 3.05) is 19.6 Å². The number of hydrogen-bond acceptors (Lipinski definition) is 4. The van der Waals surface area contributed by atoms with Gasteiger partial charge in [-0.3, -0.25) is 4.79 Å². The Bertz CT molecular complexity index is 549. The highest BCUT2D eigenvalue weighted by Crippen LogP contribution is 2.24. The van der Waals surface area contributed by atoms with Crippen molar-refractivity contribution in [3.8, 4) is 0 Å². The molecule has 3 heterocycles. The van der Waals surface area contributed by atoms with Crippen LogP contribution in [0.2, 0.25) is 0 Å². The van der Waals surface area contributed by atoms with E-state index in [0.29, 0.717) is 17.7 Å². The second kappa shape index (κ2) is 6.99. The third-order valence-corrected chi connectivity index (χ3v) is 5.40. The van der Waals surface area contributed by atoms with Crippen molar-refractivity contribution < 1.29 is 4.79 Å². The van der Waals surface area contributed by atoms with Gasteiger partial charge < -0.3 is 10.2 Å². The SMILES string of the molecule is Cc1c(C(=O)N2CC(C)CCCC2C)nnn1C1CCNCC1. The van der Waals surface area contributed by atoms with Gasteiger partial charge in [0.2, 0.25) is 0 Å². The highest BCUT2D eigenvalue weighted by Gasteiger charge is 2.30. The Balaban J connectivity index is 1.80. The van der Waals surface area contributed by atoms with E-state index in [-0.39, 0.29) is 11.9 Å². The highest BCUT2D eigenvalue weighted by atomic mass is 16.2. The summed E-state index contributed by atoms with van der Waals surface area (Å²) in [5.41, 5.74) is 1.47. The van der Waals surface area contributed by atoms with Gasteiger partial charge in [0.05, 0.1) is 11.7 Å². The molecule has 2 aliphatic heterocycles. The molecule has 2 saturated heterocycles. The number of amides is 1. The van der Waals surface area contributed by atoms with Gasteiger partial charge in [0.15, 0.2) is 5.69 Å². The predicted octanol–water partition coefficient (Wildman–Crippen LogP) is 2.16. The quantitative estimate of drug-likeness (QED) is 0.907. The second-order valence-electron chi connectivity index (χ2n) is 7.29. The molecule has 2 aliphatic rings. The van der Waals surface area contributed by atoms with Crippen molar-refractivity contribution in [1.29, 1.82) is 0 Å². The number of carbonyl (C=O) groups excluding carboxylic acids is 1. The Morgan fingerprint density at radius 2 is 1.91 bits per heavy atom. The van der Waals surface area contributed by atoms with Gasteiger partial charge in [-0.05, 0) is 58.5 Å². The van der Waals surface area contributed by atoms with Gasteiger partial charge in [-0.1, -0.05) is 18.6 Å². The maximum absolute atomic E-state index is 13.0. The van der Waals surface area contributed by atoms with Gasteiger partial charge in [0.25, 0.3) is 5.91 Å². The van der Waals surface area contributed by atoms with Crippen LogP contribution in [0.3, 0.4) is 0 Å². The molecule has 0 aromatic carbocycles. The summed E-state index contributed by atoms with van der Waals surface area (Å²) < 4.78 is 1.97. The second-order valence-corrected chi connectivity index (χ2v) is 7.29. The zero-order valence-electron chi connectivity index (χ0n) is 14.6. The summed E-state index contributed by atoms with van der Waals surface area (Å²) in [7, 11) is 0. The van der Waals surface area contributed by atoms with Gasteiger partial charge in [-0.25, -0.2) is 4.68 Å². The Morgan fingerprint density at radius 3 is 2.65 bits per heavy atom. The average molecular weight is 319 g/mol. The number of rotatable bonds is 2. The lowest BCUT2D eigenvalue weighted by atomic mass is 10.1. The van der Waals surface area contributed by atoms with Crippen LogP contribution in [0.1, 0.15) is 68.2 Å². The monoisotopic (exact) mass is 319 g/mol. The topological polar surface area (TPSA) is 63.1 Å². The van der Waals surface area contributed by atoms with Crippen LogP contribution in [-0.2, 0) is 0 Å². The summed E-state index contributed by atoms with van der Waals surface area (Å²) in [5, 5.41) is 11.9. The maximum atomic E-state index is 13.0. The Labute approximate surface area is 138 Å². The summed E-state index contributed by atoms with van der Waals surface area (Å²) in [5.74, 6) is 0.618. The molecule has 0 aliphatic carbocycles. The molecule has 1 aromatic heterocycles. The molecule has 1 N–H and O–H groups in total. The normalized spacial score (nSPS) is 27.0. The van der Waals surface area contributed by atoms with E-state index in [9.17, 15) is 4.79 Å². The van der Waals surface area contributed by atoms with Crippen molar-refractivity contribution in [1.82, 2.24) is 25.2 Å². The van der Waals surface area contributed by atoms with Gasteiger partial charge in [0.1, 0.15) is 0 Å². The first-order chi connectivity index (χ1) is 11.1. The predicted molar refractivity (Wildman–Crippen MR) is 89.4 cm³/mol. The van der Waals surface area contributed by atoms with E-state index in [0.717, 1.165) is 44.6 Å². The lowest BCUT2D eigenvalue weighted by Crippen LogP contribution is -2.40. The minimum absolute atomic E-state index is 0.0592.